The first-order valence-corrected chi connectivity index (χ1v) is 25.4. The fourth-order valence-corrected chi connectivity index (χ4v) is 11.3. The molecule has 22 heteroatoms. The summed E-state index contributed by atoms with van der Waals surface area (Å²) in [6.45, 7) is 5.47. The second-order valence-electron chi connectivity index (χ2n) is 19.3. The quantitative estimate of drug-likeness (QED) is 0.148. The maximum Gasteiger partial charge on any atom is 0.409 e. The van der Waals surface area contributed by atoms with Crippen molar-refractivity contribution in [1.29, 1.82) is 0 Å². The van der Waals surface area contributed by atoms with Gasteiger partial charge >= 0.3 is 18.0 Å². The first-order chi connectivity index (χ1) is 33.7. The summed E-state index contributed by atoms with van der Waals surface area (Å²) in [5.41, 5.74) is -1.06. The van der Waals surface area contributed by atoms with E-state index in [1.54, 1.807) is 38.3 Å². The Labute approximate surface area is 421 Å². The van der Waals surface area contributed by atoms with Gasteiger partial charge in [0.15, 0.2) is 11.8 Å². The number of aliphatic hydroxyl groups is 1. The fourth-order valence-electron chi connectivity index (χ4n) is 9.85. The smallest absolute Gasteiger partial charge is 0.409 e. The zero-order valence-electron chi connectivity index (χ0n) is 40.8. The molecule has 6 heterocycles. The van der Waals surface area contributed by atoms with E-state index in [2.05, 4.69) is 5.32 Å². The van der Waals surface area contributed by atoms with Gasteiger partial charge in [-0.15, -0.1) is 16.8 Å². The summed E-state index contributed by atoms with van der Waals surface area (Å²) in [5.74, 6) is -3.15. The number of hydroxylamine groups is 2. The zero-order valence-corrected chi connectivity index (χ0v) is 42.4. The molecular weight excluding hydrogens is 968 g/mol. The first-order valence-electron chi connectivity index (χ1n) is 24.0. The number of imide groups is 2. The number of thioether (sulfide) groups is 1. The lowest BCUT2D eigenvalue weighted by molar-refractivity contribution is -0.281. The Balaban J connectivity index is 0.938. The molecule has 8 rings (SSSR count). The number of hydrogen-bond acceptors (Lipinski definition) is 17. The van der Waals surface area contributed by atoms with E-state index in [9.17, 15) is 43.5 Å². The van der Waals surface area contributed by atoms with Gasteiger partial charge < -0.3 is 43.3 Å². The van der Waals surface area contributed by atoms with Crippen molar-refractivity contribution < 1.29 is 76.7 Å². The number of rotatable bonds is 14. The molecule has 0 spiro atoms. The SMILES string of the molecule is COc1cc2cc(c1Cl)N(C)C(=O)C[C@H](OC(=O)[C@@H](C)OCCCSC1CC(=O)N(C[C@H]3CC[C@H](C(=O)ON4C(=O)CCC4=O)CC3)C1=O)[C@@]1(C)C[C@@H](O1)[C@@H]1C[C@@](O)(NC(=O)O1)[C@H](OC)/C=C/C=C(\C)C2. The molecular formula is C49H63ClN4O16S. The van der Waals surface area contributed by atoms with E-state index >= 15 is 0 Å². The van der Waals surface area contributed by atoms with E-state index in [0.717, 1.165) is 11.1 Å². The van der Waals surface area contributed by atoms with E-state index in [1.165, 1.54) is 42.7 Å². The number of hydrogen-bond donors (Lipinski definition) is 2. The van der Waals surface area contributed by atoms with Crippen LogP contribution in [0.25, 0.3) is 0 Å². The number of halogens is 1. The summed E-state index contributed by atoms with van der Waals surface area (Å²) >= 11 is 8.12. The zero-order chi connectivity index (χ0) is 51.4. The van der Waals surface area contributed by atoms with Gasteiger partial charge in [0.05, 0.1) is 36.5 Å². The van der Waals surface area contributed by atoms with E-state index in [-0.39, 0.29) is 74.4 Å². The molecule has 1 aliphatic carbocycles. The maximum absolute atomic E-state index is 14.2. The van der Waals surface area contributed by atoms with Gasteiger partial charge in [-0.3, -0.25) is 34.2 Å². The molecule has 0 aromatic heterocycles. The molecule has 6 bridgehead atoms. The number of benzene rings is 1. The highest BCUT2D eigenvalue weighted by Gasteiger charge is 2.57. The van der Waals surface area contributed by atoms with Gasteiger partial charge in [-0.25, -0.2) is 14.4 Å². The molecule has 1 aromatic rings. The number of methoxy groups -OCH3 is 2. The summed E-state index contributed by atoms with van der Waals surface area (Å²) in [7, 11) is 4.45. The molecule has 2 N–H and O–H groups in total. The number of esters is 1. The molecule has 6 amide bonds. The number of alkyl carbamates (subject to hydrolysis) is 1. The Kier molecular flexibility index (Phi) is 17.2. The Bertz CT molecular complexity index is 2300. The van der Waals surface area contributed by atoms with Crippen LogP contribution < -0.4 is 15.0 Å². The number of likely N-dealkylation sites (tertiary alicyclic amines) is 1. The fraction of sp³-hybridized carbons (Fsp3) is 0.633. The van der Waals surface area contributed by atoms with Crippen LogP contribution in [0, 0.1) is 11.8 Å². The van der Waals surface area contributed by atoms with Gasteiger partial charge in [0.1, 0.15) is 34.7 Å². The van der Waals surface area contributed by atoms with Crippen LogP contribution in [0.4, 0.5) is 10.5 Å². The summed E-state index contributed by atoms with van der Waals surface area (Å²) < 4.78 is 35.1. The standard InChI is InChI=1S/C49H63ClN4O16S/c1-27-9-7-10-37(65-6)49(63)25-34(67-47(62)51-49)35-24-48(3,69-35)38(23-41(57)52(4)32-20-30(19-27)21-33(64-5)43(32)50)68-45(60)28(2)66-17-8-18-71-36-22-42(58)53(44(36)59)26-29-11-13-31(14-12-29)46(61)70-54-39(55)15-16-40(54)56/h7,9-10,20-21,28-29,31,34-38,63H,8,11-19,22-26H2,1-6H3,(H,51,62)/b10-7+,27-9+/t28-,29-,31-,34+,35-,36?,37-,38+,48-,49+/m1/s1. The van der Waals surface area contributed by atoms with Gasteiger partial charge in [0.2, 0.25) is 17.7 Å². The highest BCUT2D eigenvalue weighted by molar-refractivity contribution is 8.00. The van der Waals surface area contributed by atoms with Crippen LogP contribution >= 0.6 is 23.4 Å². The van der Waals surface area contributed by atoms with Crippen molar-refractivity contribution in [3.8, 4) is 5.75 Å². The van der Waals surface area contributed by atoms with Crippen LogP contribution in [0.3, 0.4) is 0 Å². The number of anilines is 1. The van der Waals surface area contributed by atoms with Crippen LogP contribution in [-0.2, 0) is 68.5 Å². The van der Waals surface area contributed by atoms with Crippen molar-refractivity contribution in [1.82, 2.24) is 15.3 Å². The summed E-state index contributed by atoms with van der Waals surface area (Å²) in [4.78, 5) is 111. The van der Waals surface area contributed by atoms with Crippen molar-refractivity contribution in [2.45, 2.75) is 145 Å². The Morgan fingerprint density at radius 2 is 1.69 bits per heavy atom. The first kappa shape index (κ1) is 53.7. The lowest BCUT2D eigenvalue weighted by atomic mass is 9.79. The molecule has 71 heavy (non-hydrogen) atoms. The van der Waals surface area contributed by atoms with Crippen molar-refractivity contribution >= 4 is 76.6 Å². The lowest BCUT2D eigenvalue weighted by Gasteiger charge is -2.53. The normalized spacial score (nSPS) is 32.1. The van der Waals surface area contributed by atoms with Crippen LogP contribution in [0.5, 0.6) is 5.75 Å². The average molecular weight is 1030 g/mol. The van der Waals surface area contributed by atoms with Gasteiger partial charge in [-0.2, -0.15) is 0 Å². The molecule has 1 saturated carbocycles. The summed E-state index contributed by atoms with van der Waals surface area (Å²) in [6, 6.07) is 3.55. The minimum Gasteiger partial charge on any atom is -0.495 e. The third-order valence-corrected chi connectivity index (χ3v) is 15.7. The summed E-state index contributed by atoms with van der Waals surface area (Å²) in [5, 5.41) is 14.4. The molecule has 5 fully saturated rings. The van der Waals surface area contributed by atoms with E-state index in [1.807, 2.05) is 13.0 Å². The third kappa shape index (κ3) is 12.4. The number of amides is 6. The molecule has 7 aliphatic rings. The second-order valence-corrected chi connectivity index (χ2v) is 21.0. The largest absolute Gasteiger partial charge is 0.495 e. The van der Waals surface area contributed by atoms with Gasteiger partial charge in [0.25, 0.3) is 11.8 Å². The highest BCUT2D eigenvalue weighted by atomic mass is 35.5. The minimum absolute atomic E-state index is 0.00304. The van der Waals surface area contributed by atoms with Gasteiger partial charge in [0, 0.05) is 59.4 Å². The number of nitrogens with zero attached hydrogens (tertiary/aromatic N) is 3. The van der Waals surface area contributed by atoms with Crippen molar-refractivity contribution in [3.63, 3.8) is 0 Å². The molecule has 1 aromatic carbocycles. The van der Waals surface area contributed by atoms with Crippen molar-refractivity contribution in [3.05, 3.63) is 46.5 Å². The number of ether oxygens (including phenoxy) is 6. The van der Waals surface area contributed by atoms with Crippen LogP contribution in [-0.4, -0.2) is 150 Å². The summed E-state index contributed by atoms with van der Waals surface area (Å²) in [6.07, 6.45) is 2.14. The van der Waals surface area contributed by atoms with Crippen LogP contribution in [0.1, 0.15) is 97.0 Å². The predicted molar refractivity (Wildman–Crippen MR) is 254 cm³/mol. The maximum atomic E-state index is 14.2. The van der Waals surface area contributed by atoms with E-state index in [0.29, 0.717) is 60.8 Å². The molecule has 1 unspecified atom stereocenters. The highest BCUT2D eigenvalue weighted by Crippen LogP contribution is 2.44. The topological polar surface area (TPSA) is 243 Å². The number of nitrogens with one attached hydrogen (secondary N) is 1. The number of fused-ring (bicyclic) bond motifs is 6. The molecule has 6 aliphatic heterocycles. The molecule has 0 radical (unpaired) electrons. The lowest BCUT2D eigenvalue weighted by Crippen LogP contribution is -2.68. The molecule has 8 atom stereocenters. The molecule has 4 saturated heterocycles. The van der Waals surface area contributed by atoms with Crippen molar-refractivity contribution in [2.24, 2.45) is 11.8 Å². The van der Waals surface area contributed by atoms with Gasteiger partial charge in [-0.1, -0.05) is 35.4 Å². The number of allylic oxidation sites excluding steroid dienone is 3. The Morgan fingerprint density at radius 1 is 0.986 bits per heavy atom. The second kappa shape index (κ2) is 22.8. The van der Waals surface area contributed by atoms with Gasteiger partial charge in [-0.05, 0) is 88.7 Å². The van der Waals surface area contributed by atoms with Crippen LogP contribution in [0.15, 0.2) is 35.9 Å². The third-order valence-electron chi connectivity index (χ3n) is 14.1. The Morgan fingerprint density at radius 3 is 2.37 bits per heavy atom. The minimum atomic E-state index is -1.87. The average Bonchev–Trinajstić information content (AvgIpc) is 3.78. The van der Waals surface area contributed by atoms with Crippen molar-refractivity contribution in [2.75, 3.05) is 45.1 Å². The van der Waals surface area contributed by atoms with E-state index in [4.69, 9.17) is 44.9 Å². The van der Waals surface area contributed by atoms with E-state index < -0.39 is 88.8 Å². The monoisotopic (exact) mass is 1030 g/mol. The predicted octanol–water partition coefficient (Wildman–Crippen LogP) is 4.49. The molecule has 20 nitrogen and oxygen atoms in total. The van der Waals surface area contributed by atoms with Crippen LogP contribution in [0.2, 0.25) is 5.02 Å². The Hall–Kier alpha value is -5.06. The molecule has 388 valence electrons. The number of carbonyl (C=O) groups is 8. The number of carbonyl (C=O) groups excluding carboxylic acids is 8.